The Morgan fingerprint density at radius 1 is 1.36 bits per heavy atom. The summed E-state index contributed by atoms with van der Waals surface area (Å²) in [6.45, 7) is -1.35. The Kier molecular flexibility index (Phi) is 6.55. The summed E-state index contributed by atoms with van der Waals surface area (Å²) >= 11 is 15.8. The van der Waals surface area contributed by atoms with E-state index in [1.54, 1.807) is 0 Å². The molecule has 0 aliphatic heterocycles. The number of hydrogen-bond donors (Lipinski definition) is 2. The van der Waals surface area contributed by atoms with E-state index in [1.807, 2.05) is 0 Å². The van der Waals surface area contributed by atoms with Gasteiger partial charge >= 0.3 is 6.16 Å². The zero-order valence-corrected chi connectivity index (χ0v) is 9.22. The molecule has 0 saturated heterocycles. The van der Waals surface area contributed by atoms with Crippen LogP contribution in [-0.2, 0) is 9.47 Å². The van der Waals surface area contributed by atoms with Gasteiger partial charge in [0.25, 0.3) is 0 Å². The molecule has 0 heterocycles. The lowest BCUT2D eigenvalue weighted by Crippen LogP contribution is -2.24. The predicted molar refractivity (Wildman–Crippen MR) is 50.7 cm³/mol. The van der Waals surface area contributed by atoms with Gasteiger partial charge in [0.05, 0.1) is 6.61 Å². The molecule has 0 aromatic carbocycles. The summed E-state index contributed by atoms with van der Waals surface area (Å²) in [5, 5.41) is 17.1. The van der Waals surface area contributed by atoms with Crippen molar-refractivity contribution >= 4 is 41.0 Å². The Hall–Kier alpha value is 0.0600. The summed E-state index contributed by atoms with van der Waals surface area (Å²) < 4.78 is 6.99. The summed E-state index contributed by atoms with van der Waals surface area (Å²) in [4.78, 5) is 10.7. The van der Waals surface area contributed by atoms with Crippen molar-refractivity contribution in [3.05, 3.63) is 0 Å². The third-order valence-electron chi connectivity index (χ3n) is 0.958. The first-order valence-electron chi connectivity index (χ1n) is 3.50. The number of carbonyl (C=O) groups excluding carboxylic acids is 1. The molecule has 0 aliphatic rings. The van der Waals surface area contributed by atoms with Crippen LogP contribution in [0.3, 0.4) is 0 Å². The maximum Gasteiger partial charge on any atom is 0.508 e. The van der Waals surface area contributed by atoms with Gasteiger partial charge in [-0.1, -0.05) is 34.8 Å². The van der Waals surface area contributed by atoms with Gasteiger partial charge in [0.2, 0.25) is 3.79 Å². The van der Waals surface area contributed by atoms with Crippen molar-refractivity contribution in [2.24, 2.45) is 0 Å². The van der Waals surface area contributed by atoms with Gasteiger partial charge in [-0.05, 0) is 0 Å². The standard InChI is InChI=1S/C6H9Cl3O5/c7-6(8,9)3-14-5(12)13-2-4(11)1-10/h4,10-11H,1-3H2/t4-/m1/s1. The average molecular weight is 267 g/mol. The summed E-state index contributed by atoms with van der Waals surface area (Å²) in [6, 6.07) is 0. The molecule has 0 unspecified atom stereocenters. The molecule has 0 aliphatic carbocycles. The van der Waals surface area contributed by atoms with E-state index in [0.717, 1.165) is 0 Å². The van der Waals surface area contributed by atoms with Crippen molar-refractivity contribution in [1.82, 2.24) is 0 Å². The van der Waals surface area contributed by atoms with Crippen molar-refractivity contribution in [2.45, 2.75) is 9.90 Å². The molecule has 0 aromatic rings. The maximum absolute atomic E-state index is 10.7. The Morgan fingerprint density at radius 3 is 2.36 bits per heavy atom. The largest absolute Gasteiger partial charge is 0.508 e. The van der Waals surface area contributed by atoms with Gasteiger partial charge in [-0.3, -0.25) is 0 Å². The van der Waals surface area contributed by atoms with Crippen LogP contribution < -0.4 is 0 Å². The van der Waals surface area contributed by atoms with Gasteiger partial charge in [0.1, 0.15) is 19.3 Å². The fourth-order valence-corrected chi connectivity index (χ4v) is 0.563. The second kappa shape index (κ2) is 6.53. The molecular weight excluding hydrogens is 258 g/mol. The lowest BCUT2D eigenvalue weighted by Gasteiger charge is -2.12. The van der Waals surface area contributed by atoms with Crippen LogP contribution in [0.25, 0.3) is 0 Å². The van der Waals surface area contributed by atoms with Gasteiger partial charge < -0.3 is 19.7 Å². The summed E-state index contributed by atoms with van der Waals surface area (Å²) in [7, 11) is 0. The molecule has 1 atom stereocenters. The van der Waals surface area contributed by atoms with Gasteiger partial charge in [0, 0.05) is 0 Å². The van der Waals surface area contributed by atoms with Gasteiger partial charge in [-0.15, -0.1) is 0 Å². The molecule has 0 fully saturated rings. The van der Waals surface area contributed by atoms with E-state index in [9.17, 15) is 4.79 Å². The lowest BCUT2D eigenvalue weighted by atomic mass is 10.4. The van der Waals surface area contributed by atoms with Gasteiger partial charge in [0.15, 0.2) is 0 Å². The van der Waals surface area contributed by atoms with E-state index in [-0.39, 0.29) is 6.61 Å². The zero-order chi connectivity index (χ0) is 11.2. The quantitative estimate of drug-likeness (QED) is 0.584. The zero-order valence-electron chi connectivity index (χ0n) is 6.95. The number of alkyl halides is 3. The number of halogens is 3. The number of hydrogen-bond acceptors (Lipinski definition) is 5. The second-order valence-electron chi connectivity index (χ2n) is 2.30. The van der Waals surface area contributed by atoms with Crippen LogP contribution in [0.5, 0.6) is 0 Å². The highest BCUT2D eigenvalue weighted by Crippen LogP contribution is 2.25. The van der Waals surface area contributed by atoms with Crippen LogP contribution >= 0.6 is 34.8 Å². The Balaban J connectivity index is 3.57. The molecule has 0 bridgehead atoms. The van der Waals surface area contributed by atoms with Crippen molar-refractivity contribution in [1.29, 1.82) is 0 Å². The first-order chi connectivity index (χ1) is 6.35. The molecule has 0 saturated carbocycles. The van der Waals surface area contributed by atoms with E-state index >= 15 is 0 Å². The monoisotopic (exact) mass is 266 g/mol. The fraction of sp³-hybridized carbons (Fsp3) is 0.833. The molecule has 0 aromatic heterocycles. The smallest absolute Gasteiger partial charge is 0.431 e. The minimum Gasteiger partial charge on any atom is -0.431 e. The molecule has 0 rings (SSSR count). The highest BCUT2D eigenvalue weighted by atomic mass is 35.6. The molecule has 8 heteroatoms. The second-order valence-corrected chi connectivity index (χ2v) is 4.82. The van der Waals surface area contributed by atoms with E-state index in [4.69, 9.17) is 45.0 Å². The van der Waals surface area contributed by atoms with Crippen molar-refractivity contribution < 1.29 is 24.5 Å². The minimum absolute atomic E-state index is 0.380. The van der Waals surface area contributed by atoms with Crippen molar-refractivity contribution in [3.8, 4) is 0 Å². The van der Waals surface area contributed by atoms with E-state index in [2.05, 4.69) is 9.47 Å². The van der Waals surface area contributed by atoms with Crippen LogP contribution in [0.15, 0.2) is 0 Å². The van der Waals surface area contributed by atoms with Crippen LogP contribution in [0, 0.1) is 0 Å². The number of carbonyl (C=O) groups is 1. The van der Waals surface area contributed by atoms with Crippen LogP contribution in [-0.4, -0.2) is 46.1 Å². The fourth-order valence-electron chi connectivity index (χ4n) is 0.399. The van der Waals surface area contributed by atoms with E-state index in [1.165, 1.54) is 0 Å². The van der Waals surface area contributed by atoms with Crippen molar-refractivity contribution in [3.63, 3.8) is 0 Å². The van der Waals surface area contributed by atoms with Crippen LogP contribution in [0.2, 0.25) is 0 Å². The molecule has 84 valence electrons. The highest BCUT2D eigenvalue weighted by molar-refractivity contribution is 6.67. The Bertz CT molecular complexity index is 181. The first kappa shape index (κ1) is 14.1. The Morgan fingerprint density at radius 2 is 1.93 bits per heavy atom. The number of aliphatic hydroxyl groups is 2. The summed E-state index contributed by atoms with van der Waals surface area (Å²) in [6.07, 6.45) is -2.22. The SMILES string of the molecule is O=C(OC[C@H](O)CO)OCC(Cl)(Cl)Cl. The molecule has 14 heavy (non-hydrogen) atoms. The topological polar surface area (TPSA) is 76.0 Å². The van der Waals surface area contributed by atoms with Gasteiger partial charge in [-0.2, -0.15) is 0 Å². The minimum atomic E-state index is -1.70. The summed E-state index contributed by atoms with van der Waals surface area (Å²) in [5.41, 5.74) is 0. The molecule has 2 N–H and O–H groups in total. The molecule has 5 nitrogen and oxygen atoms in total. The maximum atomic E-state index is 10.7. The molecule has 0 radical (unpaired) electrons. The molecule has 0 amide bonds. The number of rotatable bonds is 4. The normalized spacial score (nSPS) is 13.5. The molecular formula is C6H9Cl3O5. The third-order valence-corrected chi connectivity index (χ3v) is 1.29. The highest BCUT2D eigenvalue weighted by Gasteiger charge is 2.22. The van der Waals surface area contributed by atoms with Crippen molar-refractivity contribution in [2.75, 3.05) is 19.8 Å². The third kappa shape index (κ3) is 8.65. The van der Waals surface area contributed by atoms with E-state index in [0.29, 0.717) is 0 Å². The first-order valence-corrected chi connectivity index (χ1v) is 4.64. The molecule has 0 spiro atoms. The van der Waals surface area contributed by atoms with Gasteiger partial charge in [-0.25, -0.2) is 4.79 Å². The summed E-state index contributed by atoms with van der Waals surface area (Å²) in [5.74, 6) is 0. The van der Waals surface area contributed by atoms with Crippen LogP contribution in [0.4, 0.5) is 4.79 Å². The predicted octanol–water partition coefficient (Wildman–Crippen LogP) is 0.863. The lowest BCUT2D eigenvalue weighted by molar-refractivity contribution is 0.00135. The van der Waals surface area contributed by atoms with Crippen LogP contribution in [0.1, 0.15) is 0 Å². The number of ether oxygens (including phenoxy) is 2. The Labute approximate surface area is 95.5 Å². The number of aliphatic hydroxyl groups excluding tert-OH is 2. The average Bonchev–Trinajstić information content (AvgIpc) is 2.09. The van der Waals surface area contributed by atoms with E-state index < -0.39 is 29.3 Å².